The minimum absolute atomic E-state index is 0.132. The van der Waals surface area contributed by atoms with Crippen molar-refractivity contribution in [1.82, 2.24) is 20.5 Å². The molecule has 0 unspecified atom stereocenters. The fourth-order valence-corrected chi connectivity index (χ4v) is 5.29. The molecule has 2 heterocycles. The number of carbonyl (C=O) groups excluding carboxylic acids is 1. The Kier molecular flexibility index (Phi) is 9.84. The molecule has 204 valence electrons. The highest BCUT2D eigenvalue weighted by Gasteiger charge is 2.29. The van der Waals surface area contributed by atoms with Crippen molar-refractivity contribution < 1.29 is 13.6 Å². The van der Waals surface area contributed by atoms with Gasteiger partial charge in [0, 0.05) is 34.3 Å². The number of alkyl halides is 2. The summed E-state index contributed by atoms with van der Waals surface area (Å²) in [6.07, 6.45) is 6.11. The molecule has 4 rings (SSSR count). The molecule has 0 atom stereocenters. The molecular weight excluding hydrogens is 516 g/mol. The number of nitrogens with zero attached hydrogens (tertiary/aromatic N) is 2. The van der Waals surface area contributed by atoms with E-state index in [0.29, 0.717) is 29.9 Å². The van der Waals surface area contributed by atoms with Crippen LogP contribution in [0.15, 0.2) is 70.5 Å². The van der Waals surface area contributed by atoms with Crippen molar-refractivity contribution in [2.45, 2.75) is 54.2 Å². The highest BCUT2D eigenvalue weighted by Crippen LogP contribution is 2.33. The monoisotopic (exact) mass is 549 g/mol. The second kappa shape index (κ2) is 13.5. The molecule has 0 aliphatic rings. The number of carbonyl (C=O) groups is 1. The van der Waals surface area contributed by atoms with E-state index in [1.54, 1.807) is 37.4 Å². The first-order valence-electron chi connectivity index (χ1n) is 13.1. The Morgan fingerprint density at radius 2 is 1.87 bits per heavy atom. The standard InChI is InChI=1S/C30H33F2N5OS/c1-34-29(38)25-11-4-5-12-28(25)39-23-14-15-24-26(36-37-27(24)19-23)16-13-21-9-8-10-22(35-21)20-30(31,32)17-6-2-3-7-18-33/h4-5,8-16,19H,2-3,6-7,17-18,20,33H2,1H3,(H,34,38)(H,36,37)/b16-13+. The third-order valence-electron chi connectivity index (χ3n) is 6.33. The third-order valence-corrected chi connectivity index (χ3v) is 7.39. The van der Waals surface area contributed by atoms with Gasteiger partial charge in [-0.05, 0) is 74.0 Å². The minimum atomic E-state index is -2.78. The highest BCUT2D eigenvalue weighted by molar-refractivity contribution is 7.99. The first-order chi connectivity index (χ1) is 18.9. The molecule has 4 aromatic rings. The number of hydrogen-bond donors (Lipinski definition) is 3. The maximum absolute atomic E-state index is 14.5. The summed E-state index contributed by atoms with van der Waals surface area (Å²) in [6.45, 7) is 0.601. The number of pyridine rings is 1. The van der Waals surface area contributed by atoms with Gasteiger partial charge in [-0.25, -0.2) is 8.78 Å². The van der Waals surface area contributed by atoms with Gasteiger partial charge < -0.3 is 11.1 Å². The van der Waals surface area contributed by atoms with E-state index in [-0.39, 0.29) is 18.7 Å². The quantitative estimate of drug-likeness (QED) is 0.161. The van der Waals surface area contributed by atoms with E-state index in [1.807, 2.05) is 42.5 Å². The molecule has 2 aromatic heterocycles. The first-order valence-corrected chi connectivity index (χ1v) is 13.9. The van der Waals surface area contributed by atoms with Gasteiger partial charge in [0.25, 0.3) is 11.8 Å². The van der Waals surface area contributed by atoms with E-state index in [1.165, 1.54) is 11.8 Å². The maximum atomic E-state index is 14.5. The zero-order valence-corrected chi connectivity index (χ0v) is 22.7. The number of rotatable bonds is 13. The van der Waals surface area contributed by atoms with E-state index < -0.39 is 5.92 Å². The third kappa shape index (κ3) is 7.97. The summed E-state index contributed by atoms with van der Waals surface area (Å²) in [5, 5.41) is 11.1. The number of fused-ring (bicyclic) bond motifs is 1. The Balaban J connectivity index is 1.42. The van der Waals surface area contributed by atoms with Crippen molar-refractivity contribution >= 4 is 40.7 Å². The van der Waals surface area contributed by atoms with Gasteiger partial charge >= 0.3 is 0 Å². The van der Waals surface area contributed by atoms with Gasteiger partial charge in [-0.15, -0.1) is 0 Å². The van der Waals surface area contributed by atoms with E-state index in [2.05, 4.69) is 20.5 Å². The smallest absolute Gasteiger partial charge is 0.253 e. The molecule has 1 amide bonds. The van der Waals surface area contributed by atoms with E-state index in [9.17, 15) is 13.6 Å². The van der Waals surface area contributed by atoms with Gasteiger partial charge in [-0.1, -0.05) is 42.8 Å². The molecule has 2 aromatic carbocycles. The number of unbranched alkanes of at least 4 members (excludes halogenated alkanes) is 3. The Morgan fingerprint density at radius 1 is 1.05 bits per heavy atom. The fraction of sp³-hybridized carbons (Fsp3) is 0.300. The first kappa shape index (κ1) is 28.4. The van der Waals surface area contributed by atoms with Crippen molar-refractivity contribution in [2.75, 3.05) is 13.6 Å². The van der Waals surface area contributed by atoms with Crippen LogP contribution in [-0.4, -0.2) is 40.6 Å². The lowest BCUT2D eigenvalue weighted by Crippen LogP contribution is -2.20. The fourth-order valence-electron chi connectivity index (χ4n) is 4.30. The maximum Gasteiger partial charge on any atom is 0.253 e. The van der Waals surface area contributed by atoms with Crippen LogP contribution in [0.3, 0.4) is 0 Å². The summed E-state index contributed by atoms with van der Waals surface area (Å²) in [5.74, 6) is -2.92. The summed E-state index contributed by atoms with van der Waals surface area (Å²) in [6, 6.07) is 18.6. The number of nitrogens with one attached hydrogen (secondary N) is 2. The molecule has 0 radical (unpaired) electrons. The molecule has 0 spiro atoms. The summed E-state index contributed by atoms with van der Waals surface area (Å²) in [4.78, 5) is 18.5. The Morgan fingerprint density at radius 3 is 2.69 bits per heavy atom. The summed E-state index contributed by atoms with van der Waals surface area (Å²) >= 11 is 1.50. The van der Waals surface area contributed by atoms with Crippen LogP contribution < -0.4 is 11.1 Å². The second-order valence-corrected chi connectivity index (χ2v) is 10.5. The van der Waals surface area contributed by atoms with Crippen LogP contribution in [0.4, 0.5) is 8.78 Å². The molecule has 4 N–H and O–H groups in total. The van der Waals surface area contributed by atoms with Crippen LogP contribution in [0.1, 0.15) is 59.5 Å². The van der Waals surface area contributed by atoms with Crippen LogP contribution in [0.2, 0.25) is 0 Å². The summed E-state index contributed by atoms with van der Waals surface area (Å²) in [5.41, 5.74) is 8.63. The number of benzene rings is 2. The largest absolute Gasteiger partial charge is 0.355 e. The Bertz CT molecular complexity index is 1440. The zero-order valence-electron chi connectivity index (χ0n) is 21.9. The van der Waals surface area contributed by atoms with Gasteiger partial charge in [-0.2, -0.15) is 5.10 Å². The number of H-pyrrole nitrogens is 1. The van der Waals surface area contributed by atoms with Crippen LogP contribution in [0.25, 0.3) is 23.1 Å². The topological polar surface area (TPSA) is 96.7 Å². The van der Waals surface area contributed by atoms with Crippen LogP contribution in [0.5, 0.6) is 0 Å². The lowest BCUT2D eigenvalue weighted by atomic mass is 10.0. The van der Waals surface area contributed by atoms with E-state index in [0.717, 1.165) is 45.7 Å². The van der Waals surface area contributed by atoms with Crippen molar-refractivity contribution in [3.05, 3.63) is 83.3 Å². The number of halogens is 2. The molecule has 39 heavy (non-hydrogen) atoms. The second-order valence-electron chi connectivity index (χ2n) is 9.37. The van der Waals surface area contributed by atoms with Crippen molar-refractivity contribution in [3.8, 4) is 0 Å². The summed E-state index contributed by atoms with van der Waals surface area (Å²) < 4.78 is 28.9. The van der Waals surface area contributed by atoms with E-state index in [4.69, 9.17) is 5.73 Å². The molecule has 0 bridgehead atoms. The molecule has 0 saturated carbocycles. The normalized spacial score (nSPS) is 11.9. The molecule has 0 saturated heterocycles. The average molecular weight is 550 g/mol. The van der Waals surface area contributed by atoms with Gasteiger partial charge in [0.15, 0.2) is 0 Å². The minimum Gasteiger partial charge on any atom is -0.355 e. The lowest BCUT2D eigenvalue weighted by Gasteiger charge is -2.16. The number of aromatic amines is 1. The van der Waals surface area contributed by atoms with Gasteiger partial charge in [-0.3, -0.25) is 14.9 Å². The van der Waals surface area contributed by atoms with Crippen molar-refractivity contribution in [3.63, 3.8) is 0 Å². The molecule has 0 fully saturated rings. The Hall–Kier alpha value is -3.56. The number of aromatic nitrogens is 3. The molecular formula is C30H33F2N5OS. The van der Waals surface area contributed by atoms with Gasteiger partial charge in [0.05, 0.1) is 28.9 Å². The lowest BCUT2D eigenvalue weighted by molar-refractivity contribution is -0.0104. The number of amides is 1. The summed E-state index contributed by atoms with van der Waals surface area (Å²) in [7, 11) is 1.61. The van der Waals surface area contributed by atoms with Crippen molar-refractivity contribution in [1.29, 1.82) is 0 Å². The molecule has 9 heteroatoms. The highest BCUT2D eigenvalue weighted by atomic mass is 32.2. The van der Waals surface area contributed by atoms with Crippen LogP contribution >= 0.6 is 11.8 Å². The van der Waals surface area contributed by atoms with Crippen LogP contribution in [-0.2, 0) is 6.42 Å². The Labute approximate surface area is 231 Å². The number of nitrogens with two attached hydrogens (primary N) is 1. The van der Waals surface area contributed by atoms with Gasteiger partial charge in [0.1, 0.15) is 0 Å². The predicted molar refractivity (Wildman–Crippen MR) is 154 cm³/mol. The molecule has 0 aliphatic heterocycles. The molecule has 0 aliphatic carbocycles. The van der Waals surface area contributed by atoms with Crippen LogP contribution in [0, 0.1) is 0 Å². The average Bonchev–Trinajstić information content (AvgIpc) is 3.33. The number of hydrogen-bond acceptors (Lipinski definition) is 5. The van der Waals surface area contributed by atoms with E-state index >= 15 is 0 Å². The predicted octanol–water partition coefficient (Wildman–Crippen LogP) is 6.73. The SMILES string of the molecule is CNC(=O)c1ccccc1Sc1ccc2c(/C=C/c3cccc(CC(F)(F)CCCCCCN)n3)n[nH]c2c1. The zero-order chi connectivity index (χ0) is 27.7. The van der Waals surface area contributed by atoms with Crippen molar-refractivity contribution in [2.24, 2.45) is 5.73 Å². The molecule has 6 nitrogen and oxygen atoms in total. The van der Waals surface area contributed by atoms with Gasteiger partial charge in [0.2, 0.25) is 0 Å².